The third kappa shape index (κ3) is 1.85. The summed E-state index contributed by atoms with van der Waals surface area (Å²) in [5, 5.41) is 4.66. The fraction of sp³-hybridized carbons (Fsp3) is 0.500. The lowest BCUT2D eigenvalue weighted by atomic mass is 10.00. The van der Waals surface area contributed by atoms with Crippen LogP contribution in [0.4, 0.5) is 5.95 Å². The molecule has 0 amide bonds. The lowest BCUT2D eigenvalue weighted by Crippen LogP contribution is -2.47. The summed E-state index contributed by atoms with van der Waals surface area (Å²) in [6, 6.07) is 3.12. The minimum Gasteiger partial charge on any atom is -0.336 e. The molecule has 0 saturated carbocycles. The lowest BCUT2D eigenvalue weighted by molar-refractivity contribution is 0.381. The van der Waals surface area contributed by atoms with Crippen molar-refractivity contribution in [2.24, 2.45) is 0 Å². The fourth-order valence-electron chi connectivity index (χ4n) is 3.30. The van der Waals surface area contributed by atoms with Crippen LogP contribution in [0, 0.1) is 0 Å². The molecule has 2 saturated heterocycles. The van der Waals surface area contributed by atoms with Gasteiger partial charge in [0.2, 0.25) is 5.95 Å². The predicted octanol–water partition coefficient (Wildman–Crippen LogP) is 1.36. The zero-order chi connectivity index (χ0) is 12.7. The van der Waals surface area contributed by atoms with Crippen LogP contribution in [0.15, 0.2) is 24.7 Å². The van der Waals surface area contributed by atoms with Crippen molar-refractivity contribution in [3.05, 3.63) is 24.7 Å². The first-order valence-corrected chi connectivity index (χ1v) is 6.98. The number of hydrogen-bond acceptors (Lipinski definition) is 5. The second-order valence-corrected chi connectivity index (χ2v) is 5.36. The Balaban J connectivity index is 1.70. The number of rotatable bonds is 1. The summed E-state index contributed by atoms with van der Waals surface area (Å²) in [4.78, 5) is 15.7. The van der Waals surface area contributed by atoms with Crippen LogP contribution in [0.2, 0.25) is 0 Å². The van der Waals surface area contributed by atoms with Gasteiger partial charge >= 0.3 is 0 Å². The molecule has 2 atom stereocenters. The Morgan fingerprint density at radius 2 is 2.26 bits per heavy atom. The molecule has 5 heteroatoms. The number of pyridine rings is 1. The van der Waals surface area contributed by atoms with Crippen LogP contribution in [0.5, 0.6) is 0 Å². The van der Waals surface area contributed by atoms with Gasteiger partial charge < -0.3 is 10.2 Å². The zero-order valence-electron chi connectivity index (χ0n) is 10.8. The van der Waals surface area contributed by atoms with Crippen LogP contribution in [0.3, 0.4) is 0 Å². The van der Waals surface area contributed by atoms with E-state index in [0.717, 1.165) is 29.9 Å². The predicted molar refractivity (Wildman–Crippen MR) is 74.1 cm³/mol. The van der Waals surface area contributed by atoms with Crippen molar-refractivity contribution in [1.82, 2.24) is 20.3 Å². The highest BCUT2D eigenvalue weighted by Crippen LogP contribution is 2.28. The molecule has 0 radical (unpaired) electrons. The van der Waals surface area contributed by atoms with E-state index in [1.165, 1.54) is 19.3 Å². The molecule has 5 nitrogen and oxygen atoms in total. The molecule has 2 aliphatic rings. The summed E-state index contributed by atoms with van der Waals surface area (Å²) in [7, 11) is 0. The maximum atomic E-state index is 4.67. The second kappa shape index (κ2) is 4.42. The van der Waals surface area contributed by atoms with Gasteiger partial charge in [-0.3, -0.25) is 4.98 Å². The fourth-order valence-corrected chi connectivity index (χ4v) is 3.30. The first kappa shape index (κ1) is 11.1. The number of piperidine rings is 1. The highest BCUT2D eigenvalue weighted by Gasteiger charge is 2.36. The smallest absolute Gasteiger partial charge is 0.226 e. The Morgan fingerprint density at radius 3 is 3.26 bits per heavy atom. The van der Waals surface area contributed by atoms with Crippen LogP contribution < -0.4 is 10.2 Å². The quantitative estimate of drug-likeness (QED) is 0.833. The van der Waals surface area contributed by atoms with Gasteiger partial charge in [0.15, 0.2) is 0 Å². The van der Waals surface area contributed by atoms with Crippen molar-refractivity contribution in [2.75, 3.05) is 18.0 Å². The molecule has 0 bridgehead atoms. The molecule has 19 heavy (non-hydrogen) atoms. The zero-order valence-corrected chi connectivity index (χ0v) is 10.8. The normalized spacial score (nSPS) is 26.6. The van der Waals surface area contributed by atoms with Gasteiger partial charge in [-0.25, -0.2) is 9.97 Å². The third-order valence-corrected chi connectivity index (χ3v) is 4.26. The Bertz CT molecular complexity index is 599. The van der Waals surface area contributed by atoms with E-state index in [0.29, 0.717) is 12.1 Å². The molecular weight excluding hydrogens is 238 g/mol. The molecule has 2 unspecified atom stereocenters. The first-order valence-electron chi connectivity index (χ1n) is 6.98. The van der Waals surface area contributed by atoms with Crippen molar-refractivity contribution in [1.29, 1.82) is 0 Å². The van der Waals surface area contributed by atoms with Gasteiger partial charge in [0.25, 0.3) is 0 Å². The van der Waals surface area contributed by atoms with Crippen LogP contribution in [-0.2, 0) is 0 Å². The lowest BCUT2D eigenvalue weighted by Gasteiger charge is -2.32. The number of anilines is 1. The average molecular weight is 255 g/mol. The van der Waals surface area contributed by atoms with Crippen LogP contribution in [0.1, 0.15) is 19.3 Å². The molecule has 4 heterocycles. The molecule has 2 fully saturated rings. The molecule has 1 N–H and O–H groups in total. The van der Waals surface area contributed by atoms with Crippen molar-refractivity contribution < 1.29 is 0 Å². The molecule has 2 aliphatic heterocycles. The van der Waals surface area contributed by atoms with Gasteiger partial charge in [-0.1, -0.05) is 0 Å². The Morgan fingerprint density at radius 1 is 1.26 bits per heavy atom. The van der Waals surface area contributed by atoms with Crippen LogP contribution in [-0.4, -0.2) is 40.1 Å². The maximum absolute atomic E-state index is 4.67. The van der Waals surface area contributed by atoms with Crippen molar-refractivity contribution in [3.63, 3.8) is 0 Å². The largest absolute Gasteiger partial charge is 0.336 e. The second-order valence-electron chi connectivity index (χ2n) is 5.36. The molecule has 0 aromatic carbocycles. The summed E-state index contributed by atoms with van der Waals surface area (Å²) in [6.45, 7) is 2.20. The summed E-state index contributed by atoms with van der Waals surface area (Å²) in [6.07, 6.45) is 9.18. The standard InChI is InChI=1S/C14H17N5/c1-2-13-11(16-5-1)4-7-19(13)14-17-8-10-3-6-15-9-12(10)18-14/h3,6,8-9,11,13,16H,1-2,4-5,7H2. The summed E-state index contributed by atoms with van der Waals surface area (Å²) < 4.78 is 0. The molecule has 2 aromatic rings. The van der Waals surface area contributed by atoms with Gasteiger partial charge in [-0.05, 0) is 31.9 Å². The van der Waals surface area contributed by atoms with Gasteiger partial charge in [0.1, 0.15) is 0 Å². The van der Waals surface area contributed by atoms with Crippen molar-refractivity contribution in [2.45, 2.75) is 31.3 Å². The molecule has 4 rings (SSSR count). The topological polar surface area (TPSA) is 53.9 Å². The SMILES string of the molecule is c1cc2cnc(N3CCC4NCCCC43)nc2cn1. The summed E-state index contributed by atoms with van der Waals surface area (Å²) >= 11 is 0. The average Bonchev–Trinajstić information content (AvgIpc) is 2.91. The van der Waals surface area contributed by atoms with Crippen molar-refractivity contribution in [3.8, 4) is 0 Å². The molecule has 2 aromatic heterocycles. The highest BCUT2D eigenvalue weighted by molar-refractivity contribution is 5.77. The molecule has 98 valence electrons. The minimum absolute atomic E-state index is 0.558. The number of nitrogens with zero attached hydrogens (tertiary/aromatic N) is 4. The van der Waals surface area contributed by atoms with Gasteiger partial charge in [-0.2, -0.15) is 0 Å². The van der Waals surface area contributed by atoms with Crippen LogP contribution in [0.25, 0.3) is 10.9 Å². The van der Waals surface area contributed by atoms with E-state index in [1.54, 1.807) is 6.20 Å². The first-order chi connectivity index (χ1) is 9.42. The maximum Gasteiger partial charge on any atom is 0.226 e. The molecule has 0 aliphatic carbocycles. The minimum atomic E-state index is 0.558. The Hall–Kier alpha value is -1.75. The monoisotopic (exact) mass is 255 g/mol. The van der Waals surface area contributed by atoms with E-state index in [2.05, 4.69) is 25.2 Å². The molecule has 0 spiro atoms. The van der Waals surface area contributed by atoms with E-state index < -0.39 is 0 Å². The van der Waals surface area contributed by atoms with Crippen molar-refractivity contribution >= 4 is 16.9 Å². The van der Waals surface area contributed by atoms with E-state index >= 15 is 0 Å². The van der Waals surface area contributed by atoms with Crippen LogP contribution >= 0.6 is 0 Å². The number of hydrogen-bond donors (Lipinski definition) is 1. The number of fused-ring (bicyclic) bond motifs is 2. The van der Waals surface area contributed by atoms with Gasteiger partial charge in [-0.15, -0.1) is 0 Å². The summed E-state index contributed by atoms with van der Waals surface area (Å²) in [5.74, 6) is 0.858. The van der Waals surface area contributed by atoms with E-state index in [4.69, 9.17) is 0 Å². The van der Waals surface area contributed by atoms with E-state index in [9.17, 15) is 0 Å². The van der Waals surface area contributed by atoms with E-state index in [-0.39, 0.29) is 0 Å². The summed E-state index contributed by atoms with van der Waals surface area (Å²) in [5.41, 5.74) is 0.930. The number of aromatic nitrogens is 3. The molecular formula is C14H17N5. The van der Waals surface area contributed by atoms with E-state index in [1.807, 2.05) is 18.5 Å². The Kier molecular flexibility index (Phi) is 2.58. The highest BCUT2D eigenvalue weighted by atomic mass is 15.3. The third-order valence-electron chi connectivity index (χ3n) is 4.26. The van der Waals surface area contributed by atoms with Gasteiger partial charge in [0, 0.05) is 36.4 Å². The van der Waals surface area contributed by atoms with Gasteiger partial charge in [0.05, 0.1) is 11.7 Å². The Labute approximate surface area is 112 Å². The number of nitrogens with one attached hydrogen (secondary N) is 1.